The van der Waals surface area contributed by atoms with E-state index in [1.54, 1.807) is 25.4 Å². The number of rotatable bonds is 1. The average Bonchev–Trinajstić information content (AvgIpc) is 3.09. The number of nitriles is 1. The largest absolute Gasteiger partial charge is 0.376 e. The van der Waals surface area contributed by atoms with Crippen LogP contribution in [0.3, 0.4) is 0 Å². The van der Waals surface area contributed by atoms with E-state index in [0.717, 1.165) is 18.4 Å². The first-order valence-corrected chi connectivity index (χ1v) is 5.16. The maximum atomic E-state index is 10.1. The van der Waals surface area contributed by atoms with E-state index in [-0.39, 0.29) is 0 Å². The molecule has 2 rings (SSSR count). The first kappa shape index (κ1) is 10.7. The van der Waals surface area contributed by atoms with Crippen molar-refractivity contribution in [1.29, 1.82) is 5.26 Å². The monoisotopic (exact) mass is 212 g/mol. The topological polar surface area (TPSA) is 56.9 Å². The maximum absolute atomic E-state index is 10.1. The third-order valence-corrected chi connectivity index (χ3v) is 3.01. The van der Waals surface area contributed by atoms with Crippen molar-refractivity contribution in [2.45, 2.75) is 25.4 Å². The molecule has 0 spiro atoms. The summed E-state index contributed by atoms with van der Waals surface area (Å²) >= 11 is 0. The van der Waals surface area contributed by atoms with Crippen LogP contribution in [-0.2, 0) is 0 Å². The van der Waals surface area contributed by atoms with Gasteiger partial charge in [-0.2, -0.15) is 5.26 Å². The van der Waals surface area contributed by atoms with E-state index in [0.29, 0.717) is 0 Å². The summed E-state index contributed by atoms with van der Waals surface area (Å²) in [5.41, 5.74) is -1.16. The lowest BCUT2D eigenvalue weighted by Gasteiger charge is -2.21. The molecule has 0 radical (unpaired) electrons. The van der Waals surface area contributed by atoms with Gasteiger partial charge in [-0.3, -0.25) is 4.98 Å². The van der Waals surface area contributed by atoms with Crippen molar-refractivity contribution in [1.82, 2.24) is 4.98 Å². The van der Waals surface area contributed by atoms with Crippen molar-refractivity contribution < 1.29 is 5.11 Å². The van der Waals surface area contributed by atoms with Gasteiger partial charge in [0.2, 0.25) is 0 Å². The van der Waals surface area contributed by atoms with Crippen LogP contribution in [-0.4, -0.2) is 15.7 Å². The van der Waals surface area contributed by atoms with Gasteiger partial charge >= 0.3 is 0 Å². The van der Waals surface area contributed by atoms with E-state index in [2.05, 4.69) is 22.9 Å². The van der Waals surface area contributed by atoms with Crippen molar-refractivity contribution in [2.75, 3.05) is 0 Å². The Morgan fingerprint density at radius 1 is 1.56 bits per heavy atom. The quantitative estimate of drug-likeness (QED) is 0.717. The summed E-state index contributed by atoms with van der Waals surface area (Å²) in [5.74, 6) is 5.62. The predicted octanol–water partition coefficient (Wildman–Crippen LogP) is 1.49. The summed E-state index contributed by atoms with van der Waals surface area (Å²) in [4.78, 5) is 3.93. The van der Waals surface area contributed by atoms with Gasteiger partial charge < -0.3 is 5.11 Å². The highest BCUT2D eigenvalue weighted by Gasteiger charge is 2.56. The molecule has 1 aromatic heterocycles. The number of aromatic nitrogens is 1. The smallest absolute Gasteiger partial charge is 0.141 e. The van der Waals surface area contributed by atoms with Gasteiger partial charge in [0.1, 0.15) is 5.60 Å². The molecule has 1 N–H and O–H groups in total. The summed E-state index contributed by atoms with van der Waals surface area (Å²) in [6.45, 7) is 1.60. The molecule has 0 aromatic carbocycles. The Morgan fingerprint density at radius 2 is 2.31 bits per heavy atom. The maximum Gasteiger partial charge on any atom is 0.141 e. The van der Waals surface area contributed by atoms with Crippen molar-refractivity contribution in [3.05, 3.63) is 30.1 Å². The van der Waals surface area contributed by atoms with E-state index in [9.17, 15) is 5.11 Å². The summed E-state index contributed by atoms with van der Waals surface area (Å²) in [7, 11) is 0. The van der Waals surface area contributed by atoms with E-state index < -0.39 is 11.0 Å². The van der Waals surface area contributed by atoms with Crippen molar-refractivity contribution in [3.63, 3.8) is 0 Å². The normalized spacial score (nSPS) is 19.8. The van der Waals surface area contributed by atoms with Crippen molar-refractivity contribution >= 4 is 0 Å². The second-order valence-corrected chi connectivity index (χ2v) is 4.26. The molecule has 1 fully saturated rings. The molecule has 0 bridgehead atoms. The molecule has 0 saturated heterocycles. The third-order valence-electron chi connectivity index (χ3n) is 3.01. The highest BCUT2D eigenvalue weighted by atomic mass is 16.3. The van der Waals surface area contributed by atoms with Gasteiger partial charge in [-0.15, -0.1) is 0 Å². The van der Waals surface area contributed by atoms with Gasteiger partial charge in [-0.05, 0) is 31.9 Å². The van der Waals surface area contributed by atoms with Crippen LogP contribution in [0.15, 0.2) is 24.5 Å². The molecule has 0 aliphatic heterocycles. The standard InChI is InChI=1S/C13H12N2O/c1-12(16,13(10-14)6-7-13)5-4-11-3-2-8-15-9-11/h2-3,8-9,16H,6-7H2,1H3/t12-/m1/s1. The molecular weight excluding hydrogens is 200 g/mol. The summed E-state index contributed by atoms with van der Waals surface area (Å²) < 4.78 is 0. The van der Waals surface area contributed by atoms with Crippen molar-refractivity contribution in [3.8, 4) is 17.9 Å². The van der Waals surface area contributed by atoms with Gasteiger partial charge in [0.25, 0.3) is 0 Å². The molecule has 1 heterocycles. The van der Waals surface area contributed by atoms with Gasteiger partial charge in [-0.1, -0.05) is 11.8 Å². The van der Waals surface area contributed by atoms with E-state index in [4.69, 9.17) is 5.26 Å². The Morgan fingerprint density at radius 3 is 2.81 bits per heavy atom. The zero-order valence-corrected chi connectivity index (χ0v) is 9.07. The Hall–Kier alpha value is -1.84. The van der Waals surface area contributed by atoms with Gasteiger partial charge in [0, 0.05) is 18.0 Å². The number of hydrogen-bond acceptors (Lipinski definition) is 3. The highest BCUT2D eigenvalue weighted by molar-refractivity contribution is 5.38. The van der Waals surface area contributed by atoms with Gasteiger partial charge in [0.05, 0.1) is 11.5 Å². The lowest BCUT2D eigenvalue weighted by Crippen LogP contribution is -2.33. The molecule has 1 aliphatic carbocycles. The van der Waals surface area contributed by atoms with E-state index >= 15 is 0 Å². The van der Waals surface area contributed by atoms with Gasteiger partial charge in [0.15, 0.2) is 0 Å². The zero-order chi connectivity index (χ0) is 11.6. The molecule has 16 heavy (non-hydrogen) atoms. The van der Waals surface area contributed by atoms with Crippen LogP contribution in [0.5, 0.6) is 0 Å². The number of nitrogens with zero attached hydrogens (tertiary/aromatic N) is 2. The Bertz CT molecular complexity index is 484. The Kier molecular flexibility index (Phi) is 2.42. The Balaban J connectivity index is 2.23. The van der Waals surface area contributed by atoms with Crippen LogP contribution in [0.25, 0.3) is 0 Å². The molecule has 1 aliphatic rings. The van der Waals surface area contributed by atoms with Crippen LogP contribution < -0.4 is 0 Å². The highest BCUT2D eigenvalue weighted by Crippen LogP contribution is 2.53. The lowest BCUT2D eigenvalue weighted by atomic mass is 9.87. The molecule has 1 atom stereocenters. The first-order chi connectivity index (χ1) is 7.60. The van der Waals surface area contributed by atoms with Crippen molar-refractivity contribution in [2.24, 2.45) is 5.41 Å². The number of pyridine rings is 1. The molecule has 0 unspecified atom stereocenters. The lowest BCUT2D eigenvalue weighted by molar-refractivity contribution is 0.0682. The van der Waals surface area contributed by atoms with E-state index in [1.165, 1.54) is 0 Å². The summed E-state index contributed by atoms with van der Waals surface area (Å²) in [6, 6.07) is 5.77. The molecule has 3 heteroatoms. The number of aliphatic hydroxyl groups is 1. The fraction of sp³-hybridized carbons (Fsp3) is 0.385. The molecule has 80 valence electrons. The van der Waals surface area contributed by atoms with Crippen LogP contribution in [0, 0.1) is 28.6 Å². The van der Waals surface area contributed by atoms with Crippen LogP contribution >= 0.6 is 0 Å². The summed E-state index contributed by atoms with van der Waals surface area (Å²) in [5, 5.41) is 19.1. The van der Waals surface area contributed by atoms with Crippen LogP contribution in [0.2, 0.25) is 0 Å². The predicted molar refractivity (Wildman–Crippen MR) is 59.0 cm³/mol. The average molecular weight is 212 g/mol. The van der Waals surface area contributed by atoms with Crippen LogP contribution in [0.1, 0.15) is 25.3 Å². The fourth-order valence-corrected chi connectivity index (χ4v) is 1.58. The zero-order valence-electron chi connectivity index (χ0n) is 9.07. The minimum Gasteiger partial charge on any atom is -0.376 e. The third kappa shape index (κ3) is 1.78. The SMILES string of the molecule is C[C@@](O)(C#Cc1cccnc1)C1(C#N)CC1. The van der Waals surface area contributed by atoms with Gasteiger partial charge in [-0.25, -0.2) is 0 Å². The molecular formula is C13H12N2O. The molecule has 1 aromatic rings. The van der Waals surface area contributed by atoms with Crippen LogP contribution in [0.4, 0.5) is 0 Å². The molecule has 3 nitrogen and oxygen atoms in total. The second kappa shape index (κ2) is 3.63. The minimum absolute atomic E-state index is 0.664. The molecule has 1 saturated carbocycles. The number of hydrogen-bond donors (Lipinski definition) is 1. The summed E-state index contributed by atoms with van der Waals surface area (Å²) in [6.07, 6.45) is 4.74. The fourth-order valence-electron chi connectivity index (χ4n) is 1.58. The van der Waals surface area contributed by atoms with E-state index in [1.807, 2.05) is 6.07 Å². The second-order valence-electron chi connectivity index (χ2n) is 4.26. The first-order valence-electron chi connectivity index (χ1n) is 5.16. The Labute approximate surface area is 94.8 Å². The molecule has 0 amide bonds. The minimum atomic E-state index is -1.24.